The van der Waals surface area contributed by atoms with Crippen molar-refractivity contribution in [3.8, 4) is 0 Å². The van der Waals surface area contributed by atoms with E-state index in [0.717, 1.165) is 0 Å². The third kappa shape index (κ3) is 6.05. The molecule has 2 aliphatic rings. The molecule has 9 nitrogen and oxygen atoms in total. The van der Waals surface area contributed by atoms with Crippen molar-refractivity contribution >= 4 is 22.1 Å². The van der Waals surface area contributed by atoms with Crippen molar-refractivity contribution < 1.29 is 32.2 Å². The van der Waals surface area contributed by atoms with Gasteiger partial charge in [-0.15, -0.1) is 0 Å². The monoisotopic (exact) mass is 434 g/mol. The van der Waals surface area contributed by atoms with Crippen LogP contribution in [0.2, 0.25) is 0 Å². The van der Waals surface area contributed by atoms with Crippen molar-refractivity contribution in [3.63, 3.8) is 0 Å². The Morgan fingerprint density at radius 1 is 1.17 bits per heavy atom. The first-order valence-electron chi connectivity index (χ1n) is 10.1. The van der Waals surface area contributed by atoms with Crippen molar-refractivity contribution in [2.75, 3.05) is 32.1 Å². The van der Waals surface area contributed by atoms with Gasteiger partial charge < -0.3 is 14.2 Å². The maximum absolute atomic E-state index is 12.6. The van der Waals surface area contributed by atoms with Crippen molar-refractivity contribution in [1.82, 2.24) is 9.21 Å². The largest absolute Gasteiger partial charge is 0.463 e. The standard InChI is InChI=1S/C19H34N2O7S/c1-7-29(24,25)20-10-8-14(9-11-20)16(22)26-12-15-13-27-19(5,6)21(15)17(23)28-18(2,3)4/h14-15H,7-13H2,1-6H3/t15-/m1/s1. The summed E-state index contributed by atoms with van der Waals surface area (Å²) in [7, 11) is -3.23. The van der Waals surface area contributed by atoms with Gasteiger partial charge in [-0.2, -0.15) is 0 Å². The maximum atomic E-state index is 12.6. The van der Waals surface area contributed by atoms with E-state index in [1.165, 1.54) is 9.21 Å². The molecular formula is C19H34N2O7S. The van der Waals surface area contributed by atoms with Crippen LogP contribution in [0.5, 0.6) is 0 Å². The maximum Gasteiger partial charge on any atom is 0.413 e. The number of amides is 1. The summed E-state index contributed by atoms with van der Waals surface area (Å²) in [5.41, 5.74) is -1.51. The van der Waals surface area contributed by atoms with Crippen LogP contribution in [0, 0.1) is 5.92 Å². The van der Waals surface area contributed by atoms with Gasteiger partial charge in [-0.05, 0) is 54.4 Å². The van der Waals surface area contributed by atoms with Crippen LogP contribution >= 0.6 is 0 Å². The normalized spacial score (nSPS) is 23.8. The highest BCUT2D eigenvalue weighted by Gasteiger charge is 2.46. The Balaban J connectivity index is 1.91. The molecule has 2 fully saturated rings. The highest BCUT2D eigenvalue weighted by molar-refractivity contribution is 7.89. The molecule has 0 N–H and O–H groups in total. The number of ether oxygens (including phenoxy) is 3. The molecule has 0 aliphatic carbocycles. The minimum absolute atomic E-state index is 0.00891. The lowest BCUT2D eigenvalue weighted by Gasteiger charge is -2.35. The Morgan fingerprint density at radius 2 is 1.76 bits per heavy atom. The van der Waals surface area contributed by atoms with Crippen LogP contribution in [0.15, 0.2) is 0 Å². The minimum atomic E-state index is -3.23. The molecule has 0 bridgehead atoms. The van der Waals surface area contributed by atoms with Gasteiger partial charge in [-0.1, -0.05) is 0 Å². The minimum Gasteiger partial charge on any atom is -0.463 e. The SMILES string of the molecule is CCS(=O)(=O)N1CCC(C(=O)OC[C@@H]2COC(C)(C)N2C(=O)OC(C)(C)C)CC1. The first-order chi connectivity index (χ1) is 13.3. The topological polar surface area (TPSA) is 102 Å². The molecule has 168 valence electrons. The predicted molar refractivity (Wildman–Crippen MR) is 107 cm³/mol. The van der Waals surface area contributed by atoms with E-state index in [-0.39, 0.29) is 30.9 Å². The average molecular weight is 435 g/mol. The molecule has 1 atom stereocenters. The molecule has 1 amide bonds. The molecule has 0 aromatic rings. The molecule has 0 spiro atoms. The average Bonchev–Trinajstić information content (AvgIpc) is 2.92. The molecular weight excluding hydrogens is 400 g/mol. The van der Waals surface area contributed by atoms with Gasteiger partial charge in [0.1, 0.15) is 17.9 Å². The molecule has 2 heterocycles. The fraction of sp³-hybridized carbons (Fsp3) is 0.895. The zero-order valence-electron chi connectivity index (χ0n) is 18.3. The van der Waals surface area contributed by atoms with Gasteiger partial charge >= 0.3 is 12.1 Å². The quantitative estimate of drug-likeness (QED) is 0.610. The van der Waals surface area contributed by atoms with Crippen molar-refractivity contribution in [3.05, 3.63) is 0 Å². The fourth-order valence-electron chi connectivity index (χ4n) is 3.53. The summed E-state index contributed by atoms with van der Waals surface area (Å²) in [6.45, 7) is 11.4. The number of nitrogens with zero attached hydrogens (tertiary/aromatic N) is 2. The smallest absolute Gasteiger partial charge is 0.413 e. The van der Waals surface area contributed by atoms with Crippen LogP contribution in [0.1, 0.15) is 54.4 Å². The summed E-state index contributed by atoms with van der Waals surface area (Å²) < 4.78 is 42.0. The van der Waals surface area contributed by atoms with E-state index < -0.39 is 33.5 Å². The second-order valence-corrected chi connectivity index (χ2v) is 11.2. The van der Waals surface area contributed by atoms with E-state index in [2.05, 4.69) is 0 Å². The lowest BCUT2D eigenvalue weighted by molar-refractivity contribution is -0.151. The number of rotatable bonds is 5. The summed E-state index contributed by atoms with van der Waals surface area (Å²) in [5, 5.41) is 0. The predicted octanol–water partition coefficient (Wildman–Crippen LogP) is 1.96. The Kier molecular flexibility index (Phi) is 7.22. The molecule has 0 saturated carbocycles. The third-order valence-corrected chi connectivity index (χ3v) is 7.01. The van der Waals surface area contributed by atoms with Crippen LogP contribution in [0.3, 0.4) is 0 Å². The zero-order valence-corrected chi connectivity index (χ0v) is 19.1. The lowest BCUT2D eigenvalue weighted by Crippen LogP contribution is -2.51. The second-order valence-electron chi connectivity index (χ2n) is 8.97. The molecule has 0 aromatic carbocycles. The van der Waals surface area contributed by atoms with Gasteiger partial charge in [-0.3, -0.25) is 9.69 Å². The Hall–Kier alpha value is -1.39. The summed E-state index contributed by atoms with van der Waals surface area (Å²) in [4.78, 5) is 26.6. The highest BCUT2D eigenvalue weighted by atomic mass is 32.2. The molecule has 2 saturated heterocycles. The Morgan fingerprint density at radius 3 is 2.28 bits per heavy atom. The van der Waals surface area contributed by atoms with Crippen LogP contribution in [-0.4, -0.2) is 79.1 Å². The fourth-order valence-corrected chi connectivity index (χ4v) is 4.67. The van der Waals surface area contributed by atoms with Gasteiger partial charge in [0.2, 0.25) is 10.0 Å². The molecule has 29 heavy (non-hydrogen) atoms. The highest BCUT2D eigenvalue weighted by Crippen LogP contribution is 2.30. The summed E-state index contributed by atoms with van der Waals surface area (Å²) in [6.07, 6.45) is 0.347. The van der Waals surface area contributed by atoms with Gasteiger partial charge in [0.25, 0.3) is 0 Å². The summed E-state index contributed by atoms with van der Waals surface area (Å²) >= 11 is 0. The van der Waals surface area contributed by atoms with Gasteiger partial charge in [0.05, 0.1) is 24.3 Å². The zero-order chi connectivity index (χ0) is 22.0. The second kappa shape index (κ2) is 8.77. The van der Waals surface area contributed by atoms with E-state index in [0.29, 0.717) is 25.9 Å². The van der Waals surface area contributed by atoms with E-state index in [9.17, 15) is 18.0 Å². The van der Waals surface area contributed by atoms with Crippen molar-refractivity contribution in [1.29, 1.82) is 0 Å². The van der Waals surface area contributed by atoms with E-state index in [1.54, 1.807) is 41.5 Å². The van der Waals surface area contributed by atoms with Gasteiger partial charge in [0.15, 0.2) is 0 Å². The van der Waals surface area contributed by atoms with Crippen LogP contribution < -0.4 is 0 Å². The lowest BCUT2D eigenvalue weighted by atomic mass is 9.98. The van der Waals surface area contributed by atoms with Crippen LogP contribution in [0.4, 0.5) is 4.79 Å². The van der Waals surface area contributed by atoms with Gasteiger partial charge in [-0.25, -0.2) is 17.5 Å². The first kappa shape index (κ1) is 23.9. The van der Waals surface area contributed by atoms with Crippen LogP contribution in [0.25, 0.3) is 0 Å². The number of carbonyl (C=O) groups is 2. The molecule has 0 unspecified atom stereocenters. The Bertz CT molecular complexity index is 707. The summed E-state index contributed by atoms with van der Waals surface area (Å²) in [5.74, 6) is -0.656. The van der Waals surface area contributed by atoms with E-state index in [1.807, 2.05) is 0 Å². The number of piperidine rings is 1. The number of esters is 1. The molecule has 0 radical (unpaired) electrons. The number of carbonyl (C=O) groups excluding carboxylic acids is 2. The molecule has 2 rings (SSSR count). The molecule has 10 heteroatoms. The van der Waals surface area contributed by atoms with Crippen molar-refractivity contribution in [2.24, 2.45) is 5.92 Å². The van der Waals surface area contributed by atoms with Gasteiger partial charge in [0, 0.05) is 13.1 Å². The third-order valence-electron chi connectivity index (χ3n) is 5.13. The number of sulfonamides is 1. The first-order valence-corrected chi connectivity index (χ1v) is 11.7. The molecule has 2 aliphatic heterocycles. The van der Waals surface area contributed by atoms with Crippen molar-refractivity contribution in [2.45, 2.75) is 71.8 Å². The van der Waals surface area contributed by atoms with E-state index >= 15 is 0 Å². The number of hydrogen-bond donors (Lipinski definition) is 0. The van der Waals surface area contributed by atoms with Crippen LogP contribution in [-0.2, 0) is 29.0 Å². The van der Waals surface area contributed by atoms with E-state index in [4.69, 9.17) is 14.2 Å². The summed E-state index contributed by atoms with van der Waals surface area (Å²) in [6, 6.07) is -0.440. The number of hydrogen-bond acceptors (Lipinski definition) is 7. The Labute approximate surface area is 173 Å². The molecule has 0 aromatic heterocycles.